The number of ether oxygens (including phenoxy) is 3. The number of alkyl halides is 3. The van der Waals surface area contributed by atoms with E-state index in [0.717, 1.165) is 45.2 Å². The smallest absolute Gasteiger partial charge is 0.753 e. The summed E-state index contributed by atoms with van der Waals surface area (Å²) in [6.07, 6.45) is 16.2. The maximum absolute atomic E-state index is 12.7. The first kappa shape index (κ1) is 54.2. The Balaban J connectivity index is 0.000000290. The molecule has 0 saturated heterocycles. The first-order chi connectivity index (χ1) is 33.1. The molecule has 0 aliphatic heterocycles. The molecule has 13 nitrogen and oxygen atoms in total. The number of unbranched alkanes of at least 4 members (excludes halogenated alkanes) is 3. The van der Waals surface area contributed by atoms with Gasteiger partial charge in [0.25, 0.3) is 19.4 Å². The van der Waals surface area contributed by atoms with Crippen molar-refractivity contribution in [3.8, 4) is 51.0 Å². The van der Waals surface area contributed by atoms with Crippen LogP contribution in [-0.2, 0) is 55.9 Å². The zero-order valence-electron chi connectivity index (χ0n) is 36.5. The zero-order chi connectivity index (χ0) is 48.6. The van der Waals surface area contributed by atoms with Gasteiger partial charge >= 0.3 is 25.7 Å². The Morgan fingerprint density at radius 2 is 1.25 bits per heavy atom. The van der Waals surface area contributed by atoms with Crippen molar-refractivity contribution in [2.24, 2.45) is 0 Å². The van der Waals surface area contributed by atoms with E-state index in [4.69, 9.17) is 15.1 Å². The van der Waals surface area contributed by atoms with E-state index in [1.165, 1.54) is 48.2 Å². The number of rotatable bonds is 19. The summed E-state index contributed by atoms with van der Waals surface area (Å²) in [4.78, 5) is 51.9. The third kappa shape index (κ3) is 17.6. The maximum atomic E-state index is 12.7. The van der Waals surface area contributed by atoms with E-state index in [2.05, 4.69) is 65.9 Å². The SMILES string of the molecule is CCCCCCc1ccc(/C=C/c2ccnc(-c3cc(C(F)(F)F)n[n-]3)c2)s1.O=CO/C=C/c1ccnc(-c2cc(-c3ccc(OC=O)cc3)cc(-c3cc(/C=C/OC=O)ccn3)n2)c1.[N-]=C=S.[Ru+2]. The fourth-order valence-corrected chi connectivity index (χ4v) is 7.15. The van der Waals surface area contributed by atoms with E-state index in [-0.39, 0.29) is 25.2 Å². The van der Waals surface area contributed by atoms with Crippen molar-refractivity contribution in [3.05, 3.63) is 160 Å². The predicted molar refractivity (Wildman–Crippen MR) is 258 cm³/mol. The number of aromatic nitrogens is 6. The summed E-state index contributed by atoms with van der Waals surface area (Å²) < 4.78 is 52.2. The van der Waals surface area contributed by atoms with Gasteiger partial charge in [-0.05, 0) is 138 Å². The minimum Gasteiger partial charge on any atom is -0.753 e. The van der Waals surface area contributed by atoms with Gasteiger partial charge in [0, 0.05) is 34.0 Å². The second-order valence-electron chi connectivity index (χ2n) is 14.0. The van der Waals surface area contributed by atoms with Crippen molar-refractivity contribution in [3.63, 3.8) is 0 Å². The van der Waals surface area contributed by atoms with Crippen LogP contribution >= 0.6 is 23.6 Å². The van der Waals surface area contributed by atoms with Crippen LogP contribution in [0.15, 0.2) is 122 Å². The molecule has 0 unspecified atom stereocenters. The van der Waals surface area contributed by atoms with Crippen LogP contribution in [0.3, 0.4) is 0 Å². The molecule has 0 amide bonds. The Bertz CT molecular complexity index is 2800. The normalized spacial score (nSPS) is 10.8. The number of carbonyl (C=O) groups excluding carboxylic acids is 3. The number of hydrogen-bond acceptors (Lipinski definition) is 13. The summed E-state index contributed by atoms with van der Waals surface area (Å²) in [5.41, 5.74) is 5.88. The quantitative estimate of drug-likeness (QED) is 0.0187. The predicted octanol–water partition coefficient (Wildman–Crippen LogP) is 11.8. The van der Waals surface area contributed by atoms with E-state index in [1.807, 2.05) is 48.6 Å². The summed E-state index contributed by atoms with van der Waals surface area (Å²) in [5, 5.41) is 15.3. The van der Waals surface area contributed by atoms with Crippen LogP contribution in [0.2, 0.25) is 0 Å². The van der Waals surface area contributed by atoms with Gasteiger partial charge in [-0.25, -0.2) is 4.98 Å². The van der Waals surface area contributed by atoms with Crippen LogP contribution in [0.1, 0.15) is 64.7 Å². The average Bonchev–Trinajstić information content (AvgIpc) is 4.05. The summed E-state index contributed by atoms with van der Waals surface area (Å²) in [7, 11) is 0. The Labute approximate surface area is 417 Å². The number of thiocarbonyl (C=S) groups is 1. The molecular weight excluding hydrogens is 1020 g/mol. The number of pyridine rings is 4. The minimum absolute atomic E-state index is 0. The molecule has 0 saturated carbocycles. The number of benzene rings is 1. The van der Waals surface area contributed by atoms with Gasteiger partial charge < -0.3 is 29.8 Å². The van der Waals surface area contributed by atoms with Crippen LogP contribution in [0.25, 0.3) is 75.0 Å². The molecule has 1 aromatic carbocycles. The zero-order valence-corrected chi connectivity index (χ0v) is 39.9. The van der Waals surface area contributed by atoms with Gasteiger partial charge in [0.1, 0.15) is 11.4 Å². The Morgan fingerprint density at radius 3 is 1.78 bits per heavy atom. The minimum atomic E-state index is -4.50. The van der Waals surface area contributed by atoms with E-state index in [9.17, 15) is 27.6 Å². The number of halogens is 3. The van der Waals surface area contributed by atoms with Gasteiger partial charge in [-0.2, -0.15) is 18.3 Å². The standard InChI is InChI=1S/C28H19N3O6.C21H21F3N3S.CNS.Ru/c32-17-35-11-7-20-5-9-29-25(13-20)27-15-23(22-1-3-24(4-2-22)37-19-34)16-28(31-27)26-14-21(6-10-30-26)8-12-36-18-33;1-2-3-4-5-6-16-9-10-17(28-16)8-7-15-11-12-25-18(13-15)19-14-20(27-26-19)21(22,23)24;2-1-3;/h1-19H;7-14H,2-6H2,1H3;;/q;2*-1;+2/b11-7+,12-8+;8-7+;;. The molecule has 19 heteroatoms. The van der Waals surface area contributed by atoms with Crippen LogP contribution in [0.4, 0.5) is 13.2 Å². The van der Waals surface area contributed by atoms with Gasteiger partial charge in [0.2, 0.25) is 0 Å². The van der Waals surface area contributed by atoms with Gasteiger partial charge in [0.05, 0.1) is 35.3 Å². The summed E-state index contributed by atoms with van der Waals surface area (Å²) in [6, 6.07) is 26.7. The molecule has 0 bridgehead atoms. The third-order valence-corrected chi connectivity index (χ3v) is 10.5. The van der Waals surface area contributed by atoms with E-state index in [0.29, 0.717) is 53.6 Å². The largest absolute Gasteiger partial charge is 2.00 e. The van der Waals surface area contributed by atoms with Gasteiger partial charge in [0.15, 0.2) is 0 Å². The molecule has 0 fully saturated rings. The van der Waals surface area contributed by atoms with Crippen molar-refractivity contribution >= 4 is 72.4 Å². The maximum Gasteiger partial charge on any atom is 2.00 e. The van der Waals surface area contributed by atoms with Gasteiger partial charge in [-0.15, -0.1) is 11.3 Å². The number of carbonyl (C=O) groups is 3. The first-order valence-corrected chi connectivity index (χ1v) is 21.8. The van der Waals surface area contributed by atoms with Crippen molar-refractivity contribution in [1.29, 1.82) is 0 Å². The Morgan fingerprint density at radius 1 is 0.681 bits per heavy atom. The molecule has 0 atom stereocenters. The number of aryl methyl sites for hydroxylation is 1. The van der Waals surface area contributed by atoms with Crippen LogP contribution in [0, 0.1) is 0 Å². The number of nitrogens with zero attached hydrogens (tertiary/aromatic N) is 7. The monoisotopic (exact) mass is 1060 g/mol. The number of thiophene rings is 1. The molecule has 0 aliphatic rings. The topological polar surface area (TPSA) is 180 Å². The Kier molecular flexibility index (Phi) is 22.5. The molecule has 6 heterocycles. The molecule has 0 aliphatic carbocycles. The van der Waals surface area contributed by atoms with Crippen LogP contribution in [0.5, 0.6) is 5.75 Å². The van der Waals surface area contributed by atoms with E-state index in [1.54, 1.807) is 78.5 Å². The van der Waals surface area contributed by atoms with E-state index >= 15 is 0 Å². The Hall–Kier alpha value is -7.43. The molecule has 0 spiro atoms. The second kappa shape index (κ2) is 28.7. The van der Waals surface area contributed by atoms with Crippen LogP contribution in [-0.4, -0.2) is 49.6 Å². The van der Waals surface area contributed by atoms with Crippen LogP contribution < -0.4 is 9.84 Å². The number of isothiocyanates is 1. The summed E-state index contributed by atoms with van der Waals surface area (Å²) in [5.74, 6) is 0.422. The van der Waals surface area contributed by atoms with Gasteiger partial charge in [-0.1, -0.05) is 62.3 Å². The van der Waals surface area contributed by atoms with Crippen molar-refractivity contribution in [2.45, 2.75) is 45.2 Å². The molecule has 352 valence electrons. The first-order valence-electron chi connectivity index (χ1n) is 20.6. The van der Waals surface area contributed by atoms with Crippen molar-refractivity contribution < 1.29 is 61.2 Å². The molecule has 7 aromatic rings. The molecule has 6 aromatic heterocycles. The fraction of sp³-hybridized carbons (Fsp3) is 0.140. The molecule has 69 heavy (non-hydrogen) atoms. The van der Waals surface area contributed by atoms with Gasteiger partial charge in [-0.3, -0.25) is 29.3 Å². The molecule has 7 rings (SSSR count). The average molecular weight is 1060 g/mol. The molecular formula is C50H40F3N7O6RuS2. The molecule has 0 radical (unpaired) electrons. The number of hydrogen-bond donors (Lipinski definition) is 0. The fourth-order valence-electron chi connectivity index (χ4n) is 6.19. The van der Waals surface area contributed by atoms with Crippen molar-refractivity contribution in [2.75, 3.05) is 0 Å². The third-order valence-electron chi connectivity index (χ3n) is 9.35. The van der Waals surface area contributed by atoms with Crippen molar-refractivity contribution in [1.82, 2.24) is 30.1 Å². The van der Waals surface area contributed by atoms with E-state index < -0.39 is 11.9 Å². The summed E-state index contributed by atoms with van der Waals surface area (Å²) >= 11 is 5.47. The summed E-state index contributed by atoms with van der Waals surface area (Å²) in [6.45, 7) is 3.25. The molecule has 0 N–H and O–H groups in total. The second-order valence-corrected chi connectivity index (χ2v) is 15.4.